The highest BCUT2D eigenvalue weighted by atomic mass is 16.6. The molecule has 1 aromatic heterocycles. The molecule has 1 N–H and O–H groups in total. The monoisotopic (exact) mass is 441 g/mol. The maximum Gasteiger partial charge on any atom is 0.317 e. The number of hydrogen-bond donors (Lipinski definition) is 1. The van der Waals surface area contributed by atoms with Crippen LogP contribution < -0.4 is 14.8 Å². The van der Waals surface area contributed by atoms with Crippen molar-refractivity contribution in [3.63, 3.8) is 0 Å². The molecular formula is C23H31N5O4. The van der Waals surface area contributed by atoms with Crippen LogP contribution in [-0.4, -0.2) is 71.9 Å². The fourth-order valence-corrected chi connectivity index (χ4v) is 5.72. The average Bonchev–Trinajstić information content (AvgIpc) is 3.05. The molecule has 0 aromatic carbocycles. The Hall–Kier alpha value is -2.44. The topological polar surface area (TPSA) is 110 Å². The Morgan fingerprint density at radius 1 is 1.28 bits per heavy atom. The number of amides is 1. The lowest BCUT2D eigenvalue weighted by atomic mass is 9.63. The lowest BCUT2D eigenvalue weighted by molar-refractivity contribution is -0.153. The number of nitrogens with zero attached hydrogens (tertiary/aromatic N) is 4. The SMILES string of the molecule is CC1(Oc2ncc(OCCN3CCC4(CC3)C(=O)NC3CCC(C#N)CC34)cn2)COC1. The van der Waals surface area contributed by atoms with Gasteiger partial charge in [-0.15, -0.1) is 0 Å². The molecule has 1 amide bonds. The van der Waals surface area contributed by atoms with Gasteiger partial charge in [-0.2, -0.15) is 15.2 Å². The first kappa shape index (κ1) is 21.4. The van der Waals surface area contributed by atoms with Gasteiger partial charge in [-0.05, 0) is 58.0 Å². The van der Waals surface area contributed by atoms with Crippen LogP contribution in [0.25, 0.3) is 0 Å². The standard InChI is InChI=1S/C23H31N5O4/c1-22(14-30-15-22)32-21-25-12-17(13-26-21)31-9-8-28-6-4-23(5-7-28)18-10-16(11-24)2-3-19(18)27-20(23)29/h12-13,16,18-19H,2-10,14-15H2,1H3,(H,27,29). The summed E-state index contributed by atoms with van der Waals surface area (Å²) in [5, 5.41) is 12.6. The third-order valence-corrected chi connectivity index (χ3v) is 7.69. The van der Waals surface area contributed by atoms with E-state index in [0.29, 0.717) is 37.5 Å². The summed E-state index contributed by atoms with van der Waals surface area (Å²) in [5.41, 5.74) is -0.624. The molecular weight excluding hydrogens is 410 g/mol. The largest absolute Gasteiger partial charge is 0.489 e. The van der Waals surface area contributed by atoms with E-state index in [9.17, 15) is 10.1 Å². The highest BCUT2D eigenvalue weighted by Crippen LogP contribution is 2.51. The maximum atomic E-state index is 12.9. The lowest BCUT2D eigenvalue weighted by Crippen LogP contribution is -2.51. The van der Waals surface area contributed by atoms with Gasteiger partial charge >= 0.3 is 6.01 Å². The van der Waals surface area contributed by atoms with Gasteiger partial charge in [0.2, 0.25) is 5.91 Å². The van der Waals surface area contributed by atoms with Crippen molar-refractivity contribution in [2.24, 2.45) is 17.3 Å². The second-order valence-electron chi connectivity index (χ2n) is 9.92. The minimum Gasteiger partial charge on any atom is -0.489 e. The van der Waals surface area contributed by atoms with E-state index in [0.717, 1.165) is 51.7 Å². The van der Waals surface area contributed by atoms with Gasteiger partial charge < -0.3 is 19.5 Å². The van der Waals surface area contributed by atoms with Crippen molar-refractivity contribution in [3.05, 3.63) is 12.4 Å². The van der Waals surface area contributed by atoms with Crippen LogP contribution in [0, 0.1) is 28.6 Å². The van der Waals surface area contributed by atoms with Gasteiger partial charge in [0.15, 0.2) is 11.4 Å². The predicted octanol–water partition coefficient (Wildman–Crippen LogP) is 1.54. The molecule has 5 rings (SSSR count). The van der Waals surface area contributed by atoms with Crippen LogP contribution in [0.5, 0.6) is 11.8 Å². The van der Waals surface area contributed by atoms with Crippen molar-refractivity contribution in [2.75, 3.05) is 39.5 Å². The van der Waals surface area contributed by atoms with Crippen molar-refractivity contribution in [3.8, 4) is 17.8 Å². The van der Waals surface area contributed by atoms with Crippen LogP contribution in [0.3, 0.4) is 0 Å². The predicted molar refractivity (Wildman–Crippen MR) is 114 cm³/mol. The Kier molecular flexibility index (Phi) is 5.68. The van der Waals surface area contributed by atoms with Crippen LogP contribution in [0.4, 0.5) is 0 Å². The van der Waals surface area contributed by atoms with Crippen LogP contribution in [0.2, 0.25) is 0 Å². The van der Waals surface area contributed by atoms with Gasteiger partial charge in [0.05, 0.1) is 37.1 Å². The third kappa shape index (κ3) is 4.02. The van der Waals surface area contributed by atoms with E-state index in [1.807, 2.05) is 6.92 Å². The van der Waals surface area contributed by atoms with Crippen molar-refractivity contribution in [2.45, 2.75) is 50.7 Å². The summed E-state index contributed by atoms with van der Waals surface area (Å²) in [6, 6.07) is 3.03. The first-order valence-corrected chi connectivity index (χ1v) is 11.6. The van der Waals surface area contributed by atoms with Crippen molar-refractivity contribution >= 4 is 5.91 Å². The average molecular weight is 442 g/mol. The summed E-state index contributed by atoms with van der Waals surface area (Å²) in [6.07, 6.45) is 7.68. The van der Waals surface area contributed by atoms with Gasteiger partial charge in [-0.25, -0.2) is 0 Å². The van der Waals surface area contributed by atoms with Crippen molar-refractivity contribution in [1.29, 1.82) is 5.26 Å². The van der Waals surface area contributed by atoms with Gasteiger partial charge in [0.25, 0.3) is 0 Å². The molecule has 172 valence electrons. The van der Waals surface area contributed by atoms with Gasteiger partial charge in [-0.1, -0.05) is 0 Å². The van der Waals surface area contributed by atoms with Crippen molar-refractivity contribution < 1.29 is 19.0 Å². The van der Waals surface area contributed by atoms with Crippen LogP contribution >= 0.6 is 0 Å². The summed E-state index contributed by atoms with van der Waals surface area (Å²) in [5.74, 6) is 1.22. The Morgan fingerprint density at radius 3 is 2.69 bits per heavy atom. The zero-order valence-electron chi connectivity index (χ0n) is 18.6. The van der Waals surface area contributed by atoms with Crippen molar-refractivity contribution in [1.82, 2.24) is 20.2 Å². The minimum atomic E-state index is -0.336. The molecule has 1 aromatic rings. The number of hydrogen-bond acceptors (Lipinski definition) is 8. The maximum absolute atomic E-state index is 12.9. The van der Waals surface area contributed by atoms with Gasteiger partial charge in [0.1, 0.15) is 6.61 Å². The fourth-order valence-electron chi connectivity index (χ4n) is 5.72. The molecule has 0 bridgehead atoms. The van der Waals surface area contributed by atoms with E-state index in [1.54, 1.807) is 12.4 Å². The first-order valence-electron chi connectivity index (χ1n) is 11.6. The minimum absolute atomic E-state index is 0.0937. The van der Waals surface area contributed by atoms with Crippen LogP contribution in [-0.2, 0) is 9.53 Å². The lowest BCUT2D eigenvalue weighted by Gasteiger charge is -2.43. The summed E-state index contributed by atoms with van der Waals surface area (Å²) in [4.78, 5) is 23.7. The molecule has 3 aliphatic heterocycles. The Morgan fingerprint density at radius 2 is 2.03 bits per heavy atom. The van der Waals surface area contributed by atoms with Crippen LogP contribution in [0.15, 0.2) is 12.4 Å². The molecule has 1 saturated carbocycles. The second-order valence-corrected chi connectivity index (χ2v) is 9.92. The molecule has 1 aliphatic carbocycles. The zero-order chi connectivity index (χ0) is 22.2. The number of fused-ring (bicyclic) bond motifs is 2. The summed E-state index contributed by atoms with van der Waals surface area (Å²) in [7, 11) is 0. The molecule has 9 nitrogen and oxygen atoms in total. The fraction of sp³-hybridized carbons (Fsp3) is 0.739. The number of likely N-dealkylation sites (tertiary alicyclic amines) is 1. The van der Waals surface area contributed by atoms with E-state index in [1.165, 1.54) is 0 Å². The highest BCUT2D eigenvalue weighted by molar-refractivity contribution is 5.86. The molecule has 0 radical (unpaired) electrons. The Bertz CT molecular complexity index is 873. The Labute approximate surface area is 188 Å². The van der Waals surface area contributed by atoms with E-state index in [2.05, 4.69) is 26.3 Å². The number of nitrogens with one attached hydrogen (secondary N) is 1. The number of carbonyl (C=O) groups is 1. The van der Waals surface area contributed by atoms with Gasteiger partial charge in [-0.3, -0.25) is 9.69 Å². The smallest absolute Gasteiger partial charge is 0.317 e. The molecule has 1 spiro atoms. The van der Waals surface area contributed by atoms with E-state index in [4.69, 9.17) is 14.2 Å². The number of aromatic nitrogens is 2. The van der Waals surface area contributed by atoms with E-state index < -0.39 is 0 Å². The molecule has 4 fully saturated rings. The Balaban J connectivity index is 1.09. The molecule has 3 atom stereocenters. The number of rotatable bonds is 6. The molecule has 3 saturated heterocycles. The van der Waals surface area contributed by atoms with E-state index in [-0.39, 0.29) is 28.9 Å². The highest BCUT2D eigenvalue weighted by Gasteiger charge is 2.57. The molecule has 4 aliphatic rings. The first-order chi connectivity index (χ1) is 15.5. The quantitative estimate of drug-likeness (QED) is 0.708. The molecule has 9 heteroatoms. The number of piperidine rings is 1. The third-order valence-electron chi connectivity index (χ3n) is 7.69. The molecule has 32 heavy (non-hydrogen) atoms. The summed E-state index contributed by atoms with van der Waals surface area (Å²) >= 11 is 0. The van der Waals surface area contributed by atoms with Crippen LogP contribution in [0.1, 0.15) is 39.0 Å². The molecule has 3 unspecified atom stereocenters. The van der Waals surface area contributed by atoms with E-state index >= 15 is 0 Å². The normalized spacial score (nSPS) is 30.6. The number of ether oxygens (including phenoxy) is 3. The number of nitriles is 1. The molecule has 4 heterocycles. The summed E-state index contributed by atoms with van der Waals surface area (Å²) in [6.45, 7) is 6.15. The zero-order valence-corrected chi connectivity index (χ0v) is 18.6. The van der Waals surface area contributed by atoms with Gasteiger partial charge in [0, 0.05) is 18.5 Å². The second kappa shape index (κ2) is 8.49. The number of carbonyl (C=O) groups excluding carboxylic acids is 1. The summed E-state index contributed by atoms with van der Waals surface area (Å²) < 4.78 is 16.7.